The van der Waals surface area contributed by atoms with E-state index >= 15 is 0 Å². The number of hydrogen-bond acceptors (Lipinski definition) is 6. The molecular weight excluding hydrogens is 504 g/mol. The summed E-state index contributed by atoms with van der Waals surface area (Å²) in [6.07, 6.45) is 2.79. The Morgan fingerprint density at radius 2 is 1.80 bits per heavy atom. The lowest BCUT2D eigenvalue weighted by atomic mass is 9.98. The van der Waals surface area contributed by atoms with Crippen LogP contribution in [0.4, 0.5) is 5.69 Å². The Kier molecular flexibility index (Phi) is 8.38. The molecule has 0 saturated carbocycles. The van der Waals surface area contributed by atoms with Gasteiger partial charge in [0.15, 0.2) is 5.88 Å². The van der Waals surface area contributed by atoms with Gasteiger partial charge in [-0.05, 0) is 80.7 Å². The van der Waals surface area contributed by atoms with Crippen LogP contribution in [0.5, 0.6) is 5.88 Å². The second-order valence-electron chi connectivity index (χ2n) is 10.3. The van der Waals surface area contributed by atoms with Crippen molar-refractivity contribution in [2.75, 3.05) is 32.8 Å². The molecule has 0 atom stereocenters. The molecule has 8 nitrogen and oxygen atoms in total. The third-order valence-corrected chi connectivity index (χ3v) is 7.63. The van der Waals surface area contributed by atoms with Crippen LogP contribution in [0.2, 0.25) is 0 Å². The van der Waals surface area contributed by atoms with Crippen molar-refractivity contribution >= 4 is 34.5 Å². The Hall–Kier alpha value is -4.27. The van der Waals surface area contributed by atoms with E-state index in [-0.39, 0.29) is 18.4 Å². The Balaban J connectivity index is 1.36. The molecule has 1 aliphatic rings. The van der Waals surface area contributed by atoms with E-state index in [1.54, 1.807) is 30.3 Å². The molecule has 5 rings (SSSR count). The Morgan fingerprint density at radius 3 is 2.48 bits per heavy atom. The van der Waals surface area contributed by atoms with E-state index in [9.17, 15) is 19.8 Å². The molecular formula is C32H34N4O4. The maximum Gasteiger partial charge on any atom is 0.251 e. The summed E-state index contributed by atoms with van der Waals surface area (Å²) in [5, 5.41) is 24.0. The molecule has 1 fully saturated rings. The molecule has 0 radical (unpaired) electrons. The molecule has 3 aromatic carbocycles. The third kappa shape index (κ3) is 5.98. The summed E-state index contributed by atoms with van der Waals surface area (Å²) in [4.78, 5) is 34.4. The number of aromatic hydroxyl groups is 1. The van der Waals surface area contributed by atoms with Crippen LogP contribution in [0.1, 0.15) is 50.2 Å². The van der Waals surface area contributed by atoms with Gasteiger partial charge in [-0.2, -0.15) is 0 Å². The SMILES string of the molecule is Cc1cc2c(C(=Nc3ccc(C(=O)NCCN4CCC(CO)CC4)cc3)c3ccccc3)c(O)[nH]c2cc1C=O. The average molecular weight is 539 g/mol. The second-order valence-corrected chi connectivity index (χ2v) is 10.3. The zero-order valence-corrected chi connectivity index (χ0v) is 22.6. The van der Waals surface area contributed by atoms with Gasteiger partial charge in [0.05, 0.1) is 17.0 Å². The van der Waals surface area contributed by atoms with Gasteiger partial charge in [0.2, 0.25) is 0 Å². The van der Waals surface area contributed by atoms with Crippen molar-refractivity contribution in [2.24, 2.45) is 10.9 Å². The largest absolute Gasteiger partial charge is 0.494 e. The van der Waals surface area contributed by atoms with Crippen molar-refractivity contribution in [1.82, 2.24) is 15.2 Å². The number of aromatic nitrogens is 1. The van der Waals surface area contributed by atoms with Crippen LogP contribution in [0.3, 0.4) is 0 Å². The first-order chi connectivity index (χ1) is 19.5. The summed E-state index contributed by atoms with van der Waals surface area (Å²) in [6.45, 7) is 5.35. The molecule has 1 amide bonds. The molecule has 0 bridgehead atoms. The first-order valence-corrected chi connectivity index (χ1v) is 13.6. The number of carbonyl (C=O) groups excluding carboxylic acids is 2. The second kappa shape index (κ2) is 12.3. The number of piperidine rings is 1. The number of amides is 1. The topological polar surface area (TPSA) is 118 Å². The molecule has 2 heterocycles. The van der Waals surface area contributed by atoms with Crippen LogP contribution in [0.15, 0.2) is 71.7 Å². The summed E-state index contributed by atoms with van der Waals surface area (Å²) in [6, 6.07) is 20.3. The van der Waals surface area contributed by atoms with Crippen LogP contribution >= 0.6 is 0 Å². The molecule has 8 heteroatoms. The van der Waals surface area contributed by atoms with E-state index in [1.807, 2.05) is 43.3 Å². The third-order valence-electron chi connectivity index (χ3n) is 7.63. The van der Waals surface area contributed by atoms with E-state index in [0.29, 0.717) is 46.1 Å². The number of aryl methyl sites for hydroxylation is 1. The number of fused-ring (bicyclic) bond motifs is 1. The number of benzene rings is 3. The van der Waals surface area contributed by atoms with Crippen molar-refractivity contribution < 1.29 is 19.8 Å². The predicted octanol–water partition coefficient (Wildman–Crippen LogP) is 4.60. The zero-order chi connectivity index (χ0) is 28.1. The minimum Gasteiger partial charge on any atom is -0.494 e. The fraction of sp³-hybridized carbons (Fsp3) is 0.281. The van der Waals surface area contributed by atoms with Crippen molar-refractivity contribution in [3.8, 4) is 5.88 Å². The summed E-state index contributed by atoms with van der Waals surface area (Å²) in [5.74, 6) is 0.227. The van der Waals surface area contributed by atoms with E-state index in [2.05, 4.69) is 15.2 Å². The Morgan fingerprint density at radius 1 is 1.07 bits per heavy atom. The van der Waals surface area contributed by atoms with Gasteiger partial charge in [-0.15, -0.1) is 0 Å². The van der Waals surface area contributed by atoms with Gasteiger partial charge in [-0.1, -0.05) is 30.3 Å². The molecule has 0 unspecified atom stereocenters. The normalized spacial score (nSPS) is 14.9. The van der Waals surface area contributed by atoms with Gasteiger partial charge in [0, 0.05) is 47.3 Å². The van der Waals surface area contributed by atoms with Crippen LogP contribution in [0.25, 0.3) is 10.9 Å². The fourth-order valence-corrected chi connectivity index (χ4v) is 5.22. The first kappa shape index (κ1) is 27.3. The number of carbonyl (C=O) groups is 2. The summed E-state index contributed by atoms with van der Waals surface area (Å²) in [7, 11) is 0. The van der Waals surface area contributed by atoms with Crippen LogP contribution in [0, 0.1) is 12.8 Å². The number of hydrogen-bond donors (Lipinski definition) is 4. The molecule has 1 aromatic heterocycles. The summed E-state index contributed by atoms with van der Waals surface area (Å²) in [5.41, 5.74) is 5.13. The number of aldehydes is 1. The highest BCUT2D eigenvalue weighted by Gasteiger charge is 2.20. The molecule has 4 aromatic rings. The van der Waals surface area contributed by atoms with Crippen LogP contribution in [-0.4, -0.2) is 70.8 Å². The number of aromatic amines is 1. The highest BCUT2D eigenvalue weighted by Crippen LogP contribution is 2.33. The molecule has 206 valence electrons. The molecule has 4 N–H and O–H groups in total. The van der Waals surface area contributed by atoms with E-state index in [0.717, 1.165) is 55.3 Å². The maximum absolute atomic E-state index is 12.7. The Bertz CT molecular complexity index is 1520. The minimum absolute atomic E-state index is 0.0309. The summed E-state index contributed by atoms with van der Waals surface area (Å²) >= 11 is 0. The zero-order valence-electron chi connectivity index (χ0n) is 22.6. The highest BCUT2D eigenvalue weighted by molar-refractivity contribution is 6.22. The van der Waals surface area contributed by atoms with Gasteiger partial charge >= 0.3 is 0 Å². The van der Waals surface area contributed by atoms with E-state index < -0.39 is 0 Å². The van der Waals surface area contributed by atoms with Crippen molar-refractivity contribution in [3.05, 3.63) is 94.5 Å². The van der Waals surface area contributed by atoms with Crippen molar-refractivity contribution in [1.29, 1.82) is 0 Å². The van der Waals surface area contributed by atoms with E-state index in [4.69, 9.17) is 4.99 Å². The number of nitrogens with zero attached hydrogens (tertiary/aromatic N) is 2. The lowest BCUT2D eigenvalue weighted by Crippen LogP contribution is -2.40. The number of rotatable bonds is 9. The molecule has 0 aliphatic carbocycles. The number of H-pyrrole nitrogens is 1. The molecule has 40 heavy (non-hydrogen) atoms. The van der Waals surface area contributed by atoms with Gasteiger partial charge < -0.3 is 25.4 Å². The molecule has 1 saturated heterocycles. The van der Waals surface area contributed by atoms with Crippen molar-refractivity contribution in [2.45, 2.75) is 19.8 Å². The number of nitrogens with one attached hydrogen (secondary N) is 2. The van der Waals surface area contributed by atoms with Crippen LogP contribution in [-0.2, 0) is 0 Å². The molecule has 1 aliphatic heterocycles. The Labute approximate surface area is 233 Å². The van der Waals surface area contributed by atoms with Crippen molar-refractivity contribution in [3.63, 3.8) is 0 Å². The summed E-state index contributed by atoms with van der Waals surface area (Å²) < 4.78 is 0. The monoisotopic (exact) mass is 538 g/mol. The lowest BCUT2D eigenvalue weighted by Gasteiger charge is -2.30. The van der Waals surface area contributed by atoms with E-state index in [1.165, 1.54) is 0 Å². The maximum atomic E-state index is 12.7. The number of aliphatic hydroxyl groups excluding tert-OH is 1. The first-order valence-electron chi connectivity index (χ1n) is 13.6. The smallest absolute Gasteiger partial charge is 0.251 e. The van der Waals surface area contributed by atoms with Gasteiger partial charge in [0.1, 0.15) is 6.29 Å². The van der Waals surface area contributed by atoms with Crippen LogP contribution < -0.4 is 5.32 Å². The standard InChI is InChI=1S/C32H34N4O4/c1-21-17-27-28(18-25(21)20-38)35-32(40)29(27)30(23-5-3-2-4-6-23)34-26-9-7-24(8-10-26)31(39)33-13-16-36-14-11-22(19-37)12-15-36/h2-10,17-18,20,22,35,37,40H,11-16,19H2,1H3,(H,33,39). The highest BCUT2D eigenvalue weighted by atomic mass is 16.3. The lowest BCUT2D eigenvalue weighted by molar-refractivity contribution is 0.0938. The quantitative estimate of drug-likeness (QED) is 0.184. The number of likely N-dealkylation sites (tertiary alicyclic amines) is 1. The van der Waals surface area contributed by atoms with Gasteiger partial charge in [-0.3, -0.25) is 9.59 Å². The average Bonchev–Trinajstić information content (AvgIpc) is 3.30. The number of aliphatic hydroxyl groups is 1. The predicted molar refractivity (Wildman–Crippen MR) is 157 cm³/mol. The number of aliphatic imine (C=N–C) groups is 1. The minimum atomic E-state index is -0.139. The fourth-order valence-electron chi connectivity index (χ4n) is 5.22. The molecule has 0 spiro atoms. The van der Waals surface area contributed by atoms with Gasteiger partial charge in [-0.25, -0.2) is 4.99 Å². The van der Waals surface area contributed by atoms with Gasteiger partial charge in [0.25, 0.3) is 5.91 Å².